The number of nitrogens with zero attached hydrogens (tertiary/aromatic N) is 2. The molecule has 0 unspecified atom stereocenters. The van der Waals surface area contributed by atoms with Gasteiger partial charge in [0.25, 0.3) is 0 Å². The minimum atomic E-state index is -0.259. The second kappa shape index (κ2) is 5.73. The molecule has 98 valence electrons. The molecule has 2 rings (SSSR count). The van der Waals surface area contributed by atoms with E-state index in [1.165, 1.54) is 0 Å². The van der Waals surface area contributed by atoms with Crippen molar-refractivity contribution in [1.29, 1.82) is 0 Å². The predicted molar refractivity (Wildman–Crippen MR) is 70.8 cm³/mol. The molecule has 1 aromatic carbocycles. The predicted octanol–water partition coefficient (Wildman–Crippen LogP) is 0.303. The molecule has 0 aromatic heterocycles. The number of nitrogens with two attached hydrogens (primary N) is 1. The molecular weight excluding hydrogens is 230 g/mol. The number of methoxy groups -OCH3 is 1. The summed E-state index contributed by atoms with van der Waals surface area (Å²) in [5, 5.41) is 0. The maximum atomic E-state index is 10.9. The van der Waals surface area contributed by atoms with Gasteiger partial charge in [-0.05, 0) is 12.1 Å². The van der Waals surface area contributed by atoms with E-state index in [2.05, 4.69) is 15.9 Å². The zero-order valence-electron chi connectivity index (χ0n) is 10.6. The first-order chi connectivity index (χ1) is 8.69. The second-order valence-corrected chi connectivity index (χ2v) is 4.43. The summed E-state index contributed by atoms with van der Waals surface area (Å²) < 4.78 is 5.22. The Kier molecular flexibility index (Phi) is 4.04. The standard InChI is InChI=1S/C13H19N3O2/c1-18-12-4-2-3-11(9-12)16-7-5-15(6-8-16)10-13(14)17/h2-4,9H,5-8,10H2,1H3,(H2,14,17). The van der Waals surface area contributed by atoms with Crippen LogP contribution in [0.15, 0.2) is 24.3 Å². The molecular formula is C13H19N3O2. The molecule has 0 atom stereocenters. The van der Waals surface area contributed by atoms with Crippen molar-refractivity contribution in [2.75, 3.05) is 44.7 Å². The highest BCUT2D eigenvalue weighted by Gasteiger charge is 2.18. The van der Waals surface area contributed by atoms with Crippen LogP contribution in [-0.2, 0) is 4.79 Å². The quantitative estimate of drug-likeness (QED) is 0.834. The van der Waals surface area contributed by atoms with Gasteiger partial charge in [-0.25, -0.2) is 0 Å². The summed E-state index contributed by atoms with van der Waals surface area (Å²) in [6.45, 7) is 3.88. The van der Waals surface area contributed by atoms with Crippen molar-refractivity contribution in [2.45, 2.75) is 0 Å². The van der Waals surface area contributed by atoms with Crippen molar-refractivity contribution in [2.24, 2.45) is 5.73 Å². The SMILES string of the molecule is COc1cccc(N2CCN(CC(N)=O)CC2)c1. The lowest BCUT2D eigenvalue weighted by Crippen LogP contribution is -2.48. The number of carbonyl (C=O) groups excluding carboxylic acids is 1. The van der Waals surface area contributed by atoms with Gasteiger partial charge in [0, 0.05) is 37.9 Å². The molecule has 0 saturated carbocycles. The van der Waals surface area contributed by atoms with Crippen LogP contribution in [0, 0.1) is 0 Å². The molecule has 1 amide bonds. The third-order valence-electron chi connectivity index (χ3n) is 3.17. The van der Waals surface area contributed by atoms with Gasteiger partial charge in [-0.2, -0.15) is 0 Å². The highest BCUT2D eigenvalue weighted by atomic mass is 16.5. The Morgan fingerprint density at radius 2 is 2.06 bits per heavy atom. The summed E-state index contributed by atoms with van der Waals surface area (Å²) in [5.74, 6) is 0.608. The molecule has 18 heavy (non-hydrogen) atoms. The Hall–Kier alpha value is -1.75. The van der Waals surface area contributed by atoms with Crippen LogP contribution in [0.3, 0.4) is 0 Å². The molecule has 1 aromatic rings. The molecule has 0 spiro atoms. The first-order valence-corrected chi connectivity index (χ1v) is 6.08. The van der Waals surface area contributed by atoms with E-state index in [-0.39, 0.29) is 5.91 Å². The average Bonchev–Trinajstić information content (AvgIpc) is 2.39. The molecule has 0 aliphatic carbocycles. The van der Waals surface area contributed by atoms with Crippen molar-refractivity contribution in [1.82, 2.24) is 4.90 Å². The Bertz CT molecular complexity index is 414. The number of ether oxygens (including phenoxy) is 1. The van der Waals surface area contributed by atoms with Crippen LogP contribution in [0.4, 0.5) is 5.69 Å². The van der Waals surface area contributed by atoms with Crippen LogP contribution in [-0.4, -0.2) is 50.6 Å². The Morgan fingerprint density at radius 3 is 2.67 bits per heavy atom. The highest BCUT2D eigenvalue weighted by Crippen LogP contribution is 2.21. The maximum absolute atomic E-state index is 10.9. The number of carbonyl (C=O) groups is 1. The van der Waals surface area contributed by atoms with Crippen LogP contribution < -0.4 is 15.4 Å². The summed E-state index contributed by atoms with van der Waals surface area (Å²) in [5.41, 5.74) is 6.36. The summed E-state index contributed by atoms with van der Waals surface area (Å²) in [4.78, 5) is 15.2. The number of primary amides is 1. The first kappa shape index (κ1) is 12.7. The Balaban J connectivity index is 1.94. The third-order valence-corrected chi connectivity index (χ3v) is 3.17. The van der Waals surface area contributed by atoms with E-state index in [1.54, 1.807) is 7.11 Å². The fraction of sp³-hybridized carbons (Fsp3) is 0.462. The molecule has 5 nitrogen and oxygen atoms in total. The third kappa shape index (κ3) is 3.13. The zero-order chi connectivity index (χ0) is 13.0. The molecule has 5 heteroatoms. The number of piperazine rings is 1. The maximum Gasteiger partial charge on any atom is 0.231 e. The van der Waals surface area contributed by atoms with Gasteiger partial charge in [0.15, 0.2) is 0 Å². The van der Waals surface area contributed by atoms with Crippen molar-refractivity contribution >= 4 is 11.6 Å². The van der Waals surface area contributed by atoms with Gasteiger partial charge in [-0.3, -0.25) is 9.69 Å². The lowest BCUT2D eigenvalue weighted by molar-refractivity contribution is -0.119. The Morgan fingerprint density at radius 1 is 1.33 bits per heavy atom. The average molecular weight is 249 g/mol. The van der Waals surface area contributed by atoms with E-state index < -0.39 is 0 Å². The number of benzene rings is 1. The van der Waals surface area contributed by atoms with Crippen molar-refractivity contribution in [3.05, 3.63) is 24.3 Å². The van der Waals surface area contributed by atoms with Gasteiger partial charge in [-0.15, -0.1) is 0 Å². The molecule has 1 heterocycles. The van der Waals surface area contributed by atoms with E-state index >= 15 is 0 Å². The van der Waals surface area contributed by atoms with Gasteiger partial charge in [0.1, 0.15) is 5.75 Å². The van der Waals surface area contributed by atoms with Crippen molar-refractivity contribution < 1.29 is 9.53 Å². The van der Waals surface area contributed by atoms with Crippen LogP contribution >= 0.6 is 0 Å². The minimum Gasteiger partial charge on any atom is -0.497 e. The highest BCUT2D eigenvalue weighted by molar-refractivity contribution is 5.75. The molecule has 0 bridgehead atoms. The Labute approximate surface area is 107 Å². The zero-order valence-corrected chi connectivity index (χ0v) is 10.6. The number of anilines is 1. The van der Waals surface area contributed by atoms with Gasteiger partial charge < -0.3 is 15.4 Å². The lowest BCUT2D eigenvalue weighted by Gasteiger charge is -2.35. The van der Waals surface area contributed by atoms with E-state index in [0.29, 0.717) is 6.54 Å². The largest absolute Gasteiger partial charge is 0.497 e. The smallest absolute Gasteiger partial charge is 0.231 e. The van der Waals surface area contributed by atoms with E-state index in [0.717, 1.165) is 37.6 Å². The number of rotatable bonds is 4. The molecule has 1 aliphatic rings. The van der Waals surface area contributed by atoms with E-state index in [9.17, 15) is 4.79 Å². The molecule has 1 saturated heterocycles. The van der Waals surface area contributed by atoms with E-state index in [1.807, 2.05) is 18.2 Å². The van der Waals surface area contributed by atoms with Gasteiger partial charge in [-0.1, -0.05) is 6.07 Å². The molecule has 0 radical (unpaired) electrons. The minimum absolute atomic E-state index is 0.259. The fourth-order valence-electron chi connectivity index (χ4n) is 2.19. The van der Waals surface area contributed by atoms with Gasteiger partial charge in [0.05, 0.1) is 13.7 Å². The second-order valence-electron chi connectivity index (χ2n) is 4.43. The first-order valence-electron chi connectivity index (χ1n) is 6.08. The number of hydrogen-bond donors (Lipinski definition) is 1. The molecule has 2 N–H and O–H groups in total. The lowest BCUT2D eigenvalue weighted by atomic mass is 10.2. The van der Waals surface area contributed by atoms with Gasteiger partial charge >= 0.3 is 0 Å². The van der Waals surface area contributed by atoms with Gasteiger partial charge in [0.2, 0.25) is 5.91 Å². The van der Waals surface area contributed by atoms with Crippen LogP contribution in [0.5, 0.6) is 5.75 Å². The van der Waals surface area contributed by atoms with Crippen LogP contribution in [0.2, 0.25) is 0 Å². The summed E-state index contributed by atoms with van der Waals surface area (Å²) in [6.07, 6.45) is 0. The summed E-state index contributed by atoms with van der Waals surface area (Å²) in [6, 6.07) is 8.03. The van der Waals surface area contributed by atoms with E-state index in [4.69, 9.17) is 10.5 Å². The summed E-state index contributed by atoms with van der Waals surface area (Å²) in [7, 11) is 1.67. The monoisotopic (exact) mass is 249 g/mol. The number of hydrogen-bond acceptors (Lipinski definition) is 4. The molecule has 1 aliphatic heterocycles. The number of amides is 1. The summed E-state index contributed by atoms with van der Waals surface area (Å²) >= 11 is 0. The normalized spacial score (nSPS) is 16.6. The fourth-order valence-corrected chi connectivity index (χ4v) is 2.19. The van der Waals surface area contributed by atoms with Crippen LogP contribution in [0.25, 0.3) is 0 Å². The van der Waals surface area contributed by atoms with Crippen molar-refractivity contribution in [3.63, 3.8) is 0 Å². The topological polar surface area (TPSA) is 58.8 Å². The van der Waals surface area contributed by atoms with Crippen LogP contribution in [0.1, 0.15) is 0 Å². The van der Waals surface area contributed by atoms with Crippen molar-refractivity contribution in [3.8, 4) is 5.75 Å². The molecule has 1 fully saturated rings.